The van der Waals surface area contributed by atoms with Crippen molar-refractivity contribution in [2.24, 2.45) is 0 Å². The molecule has 0 atom stereocenters. The number of nitrogens with zero attached hydrogens (tertiary/aromatic N) is 1. The molecule has 118 valence electrons. The van der Waals surface area contributed by atoms with Crippen molar-refractivity contribution in [2.75, 3.05) is 6.61 Å². The standard InChI is InChI=1S/C18H16ClNO3/c1-3-23-18(22)16(12(2)21)10-14-9-15(11-20-17(14)19)13-7-5-4-6-8-13/h4-11H,3H2,1-2H3/b16-10+. The van der Waals surface area contributed by atoms with Crippen molar-refractivity contribution < 1.29 is 14.3 Å². The maximum Gasteiger partial charge on any atom is 0.341 e. The SMILES string of the molecule is CCOC(=O)/C(=C/c1cc(-c2ccccc2)cnc1Cl)C(C)=O. The van der Waals surface area contributed by atoms with Crippen LogP contribution in [0.4, 0.5) is 0 Å². The molecule has 4 nitrogen and oxygen atoms in total. The van der Waals surface area contributed by atoms with Gasteiger partial charge in [-0.25, -0.2) is 9.78 Å². The van der Waals surface area contributed by atoms with Crippen LogP contribution < -0.4 is 0 Å². The van der Waals surface area contributed by atoms with Gasteiger partial charge in [0.1, 0.15) is 10.7 Å². The zero-order chi connectivity index (χ0) is 16.8. The number of aromatic nitrogens is 1. The van der Waals surface area contributed by atoms with Crippen LogP contribution in [0.5, 0.6) is 0 Å². The number of hydrogen-bond acceptors (Lipinski definition) is 4. The van der Waals surface area contributed by atoms with E-state index in [1.54, 1.807) is 19.2 Å². The molecular formula is C18H16ClNO3. The van der Waals surface area contributed by atoms with E-state index in [1.807, 2.05) is 30.3 Å². The molecule has 0 aliphatic heterocycles. The van der Waals surface area contributed by atoms with Gasteiger partial charge >= 0.3 is 5.97 Å². The second-order valence-corrected chi connectivity index (χ2v) is 5.16. The average molecular weight is 330 g/mol. The molecule has 2 rings (SSSR count). The number of ether oxygens (including phenoxy) is 1. The van der Waals surface area contributed by atoms with Gasteiger partial charge in [-0.2, -0.15) is 0 Å². The van der Waals surface area contributed by atoms with Crippen LogP contribution in [-0.2, 0) is 14.3 Å². The molecule has 0 radical (unpaired) electrons. The highest BCUT2D eigenvalue weighted by Gasteiger charge is 2.16. The lowest BCUT2D eigenvalue weighted by atomic mass is 10.0. The molecule has 1 aromatic heterocycles. The van der Waals surface area contributed by atoms with Crippen molar-refractivity contribution in [3.05, 3.63) is 58.9 Å². The number of ketones is 1. The summed E-state index contributed by atoms with van der Waals surface area (Å²) in [6.07, 6.45) is 3.06. The van der Waals surface area contributed by atoms with Gasteiger partial charge in [0.2, 0.25) is 0 Å². The summed E-state index contributed by atoms with van der Waals surface area (Å²) < 4.78 is 4.90. The van der Waals surface area contributed by atoms with Crippen molar-refractivity contribution in [2.45, 2.75) is 13.8 Å². The molecule has 0 unspecified atom stereocenters. The smallest absolute Gasteiger partial charge is 0.341 e. The molecule has 0 saturated heterocycles. The molecule has 0 spiro atoms. The summed E-state index contributed by atoms with van der Waals surface area (Å²) in [5.41, 5.74) is 2.24. The first-order chi connectivity index (χ1) is 11.0. The van der Waals surface area contributed by atoms with Gasteiger partial charge in [-0.05, 0) is 31.6 Å². The summed E-state index contributed by atoms with van der Waals surface area (Å²) >= 11 is 6.10. The van der Waals surface area contributed by atoms with Gasteiger partial charge in [0.05, 0.1) is 6.61 Å². The summed E-state index contributed by atoms with van der Waals surface area (Å²) in [6.45, 7) is 3.19. The molecule has 2 aromatic rings. The topological polar surface area (TPSA) is 56.3 Å². The first-order valence-electron chi connectivity index (χ1n) is 7.13. The van der Waals surface area contributed by atoms with E-state index in [4.69, 9.17) is 16.3 Å². The van der Waals surface area contributed by atoms with E-state index < -0.39 is 5.97 Å². The predicted molar refractivity (Wildman–Crippen MR) is 90.0 cm³/mol. The van der Waals surface area contributed by atoms with Crippen LogP contribution in [0.2, 0.25) is 5.15 Å². The Morgan fingerprint density at radius 3 is 2.52 bits per heavy atom. The van der Waals surface area contributed by atoms with Gasteiger partial charge in [-0.3, -0.25) is 4.79 Å². The fraction of sp³-hybridized carbons (Fsp3) is 0.167. The summed E-state index contributed by atoms with van der Waals surface area (Å²) in [7, 11) is 0. The zero-order valence-corrected chi connectivity index (χ0v) is 13.6. The molecule has 0 aliphatic carbocycles. The predicted octanol–water partition coefficient (Wildman–Crippen LogP) is 3.94. The summed E-state index contributed by atoms with van der Waals surface area (Å²) in [4.78, 5) is 27.7. The largest absolute Gasteiger partial charge is 0.462 e. The molecule has 1 aromatic carbocycles. The third kappa shape index (κ3) is 4.27. The van der Waals surface area contributed by atoms with Crippen LogP contribution in [0.15, 0.2) is 48.2 Å². The highest BCUT2D eigenvalue weighted by Crippen LogP contribution is 2.25. The van der Waals surface area contributed by atoms with Crippen molar-refractivity contribution in [1.82, 2.24) is 4.98 Å². The molecule has 5 heteroatoms. The van der Waals surface area contributed by atoms with E-state index in [9.17, 15) is 9.59 Å². The number of carbonyl (C=O) groups is 2. The van der Waals surface area contributed by atoms with Crippen molar-refractivity contribution >= 4 is 29.4 Å². The highest BCUT2D eigenvalue weighted by atomic mass is 35.5. The fourth-order valence-corrected chi connectivity index (χ4v) is 2.18. The first-order valence-corrected chi connectivity index (χ1v) is 7.51. The highest BCUT2D eigenvalue weighted by molar-refractivity contribution is 6.31. The maximum absolute atomic E-state index is 11.9. The summed E-state index contributed by atoms with van der Waals surface area (Å²) in [5.74, 6) is -1.05. The molecule has 0 amide bonds. The maximum atomic E-state index is 11.9. The molecule has 0 bridgehead atoms. The Morgan fingerprint density at radius 1 is 1.22 bits per heavy atom. The lowest BCUT2D eigenvalue weighted by Crippen LogP contribution is -2.13. The number of benzene rings is 1. The Balaban J connectivity index is 2.47. The third-order valence-electron chi connectivity index (χ3n) is 3.15. The molecule has 1 heterocycles. The van der Waals surface area contributed by atoms with E-state index in [-0.39, 0.29) is 23.1 Å². The first kappa shape index (κ1) is 16.9. The minimum atomic E-state index is -0.666. The monoisotopic (exact) mass is 329 g/mol. The van der Waals surface area contributed by atoms with Gasteiger partial charge in [-0.15, -0.1) is 0 Å². The van der Waals surface area contributed by atoms with Crippen LogP contribution in [0.25, 0.3) is 17.2 Å². The minimum absolute atomic E-state index is 0.0549. The number of halogens is 1. The number of carbonyl (C=O) groups excluding carboxylic acids is 2. The quantitative estimate of drug-likeness (QED) is 0.274. The molecule has 0 N–H and O–H groups in total. The van der Waals surface area contributed by atoms with Gasteiger partial charge < -0.3 is 4.74 Å². The number of hydrogen-bond donors (Lipinski definition) is 0. The third-order valence-corrected chi connectivity index (χ3v) is 3.46. The number of esters is 1. The van der Waals surface area contributed by atoms with Crippen LogP contribution in [0.1, 0.15) is 19.4 Å². The molecule has 0 fully saturated rings. The van der Waals surface area contributed by atoms with E-state index >= 15 is 0 Å². The Morgan fingerprint density at radius 2 is 1.91 bits per heavy atom. The summed E-state index contributed by atoms with van der Waals surface area (Å²) in [5, 5.41) is 0.215. The fourth-order valence-electron chi connectivity index (χ4n) is 2.02. The van der Waals surface area contributed by atoms with E-state index in [2.05, 4.69) is 4.98 Å². The van der Waals surface area contributed by atoms with E-state index in [0.29, 0.717) is 5.56 Å². The van der Waals surface area contributed by atoms with Crippen LogP contribution in [-0.4, -0.2) is 23.3 Å². The molecule has 0 aliphatic rings. The zero-order valence-electron chi connectivity index (χ0n) is 12.9. The number of Topliss-reactive ketones (excluding diaryl/α,β-unsaturated/α-hetero) is 1. The van der Waals surface area contributed by atoms with Crippen molar-refractivity contribution in [3.8, 4) is 11.1 Å². The molecule has 0 saturated carbocycles. The van der Waals surface area contributed by atoms with Gasteiger partial charge in [0.25, 0.3) is 0 Å². The lowest BCUT2D eigenvalue weighted by molar-refractivity contribution is -0.139. The second kappa shape index (κ2) is 7.70. The van der Waals surface area contributed by atoms with Gasteiger partial charge in [0.15, 0.2) is 5.78 Å². The van der Waals surface area contributed by atoms with Crippen molar-refractivity contribution in [1.29, 1.82) is 0 Å². The Kier molecular flexibility index (Phi) is 5.66. The van der Waals surface area contributed by atoms with E-state index in [0.717, 1.165) is 11.1 Å². The Labute approximate surface area is 139 Å². The average Bonchev–Trinajstić information content (AvgIpc) is 2.54. The minimum Gasteiger partial charge on any atom is -0.462 e. The Hall–Kier alpha value is -2.46. The molecule has 23 heavy (non-hydrogen) atoms. The van der Waals surface area contributed by atoms with Crippen molar-refractivity contribution in [3.63, 3.8) is 0 Å². The van der Waals surface area contributed by atoms with Gasteiger partial charge in [0, 0.05) is 17.3 Å². The lowest BCUT2D eigenvalue weighted by Gasteiger charge is -2.07. The van der Waals surface area contributed by atoms with E-state index in [1.165, 1.54) is 13.0 Å². The van der Waals surface area contributed by atoms with Gasteiger partial charge in [-0.1, -0.05) is 41.9 Å². The number of rotatable bonds is 5. The number of pyridine rings is 1. The van der Waals surface area contributed by atoms with Crippen LogP contribution >= 0.6 is 11.6 Å². The molecular weight excluding hydrogens is 314 g/mol. The van der Waals surface area contributed by atoms with Crippen LogP contribution in [0.3, 0.4) is 0 Å². The second-order valence-electron chi connectivity index (χ2n) is 4.80. The van der Waals surface area contributed by atoms with Crippen LogP contribution in [0, 0.1) is 0 Å². The summed E-state index contributed by atoms with van der Waals surface area (Å²) in [6, 6.07) is 11.4. The Bertz CT molecular complexity index is 754. The normalized spacial score (nSPS) is 11.2.